The van der Waals surface area contributed by atoms with Crippen LogP contribution in [0.2, 0.25) is 0 Å². The van der Waals surface area contributed by atoms with Crippen molar-refractivity contribution in [1.29, 1.82) is 0 Å². The van der Waals surface area contributed by atoms with Crippen LogP contribution >= 0.6 is 0 Å². The summed E-state index contributed by atoms with van der Waals surface area (Å²) < 4.78 is 0. The molecule has 0 aliphatic carbocycles. The van der Waals surface area contributed by atoms with E-state index in [2.05, 4.69) is 9.97 Å². The molecular weight excluding hydrogens is 340 g/mol. The van der Waals surface area contributed by atoms with Crippen molar-refractivity contribution in [3.8, 4) is 11.4 Å². The van der Waals surface area contributed by atoms with E-state index in [1.807, 2.05) is 48.2 Å². The highest BCUT2D eigenvalue weighted by molar-refractivity contribution is 5.94. The van der Waals surface area contributed by atoms with Crippen LogP contribution in [0.3, 0.4) is 0 Å². The highest BCUT2D eigenvalue weighted by atomic mass is 16.2. The zero-order valence-corrected chi connectivity index (χ0v) is 15.0. The number of H-pyrrole nitrogens is 1. The number of nitrogens with one attached hydrogen (secondary N) is 1. The van der Waals surface area contributed by atoms with Gasteiger partial charge in [-0.05, 0) is 31.2 Å². The minimum atomic E-state index is -0.453. The predicted octanol–water partition coefficient (Wildman–Crippen LogP) is 2.68. The first kappa shape index (κ1) is 17.0. The van der Waals surface area contributed by atoms with Gasteiger partial charge in [-0.15, -0.1) is 0 Å². The molecule has 6 heteroatoms. The number of aromatic amines is 1. The predicted molar refractivity (Wildman–Crippen MR) is 102 cm³/mol. The lowest BCUT2D eigenvalue weighted by atomic mass is 10.1. The lowest BCUT2D eigenvalue weighted by Gasteiger charge is -2.26. The van der Waals surface area contributed by atoms with Gasteiger partial charge in [0.15, 0.2) is 0 Å². The van der Waals surface area contributed by atoms with Gasteiger partial charge in [0.2, 0.25) is 5.91 Å². The number of nitrogens with two attached hydrogens (primary N) is 1. The van der Waals surface area contributed by atoms with Gasteiger partial charge in [-0.3, -0.25) is 9.59 Å². The molecule has 2 aromatic carbocycles. The third-order valence-corrected chi connectivity index (χ3v) is 4.86. The molecule has 4 rings (SSSR count). The van der Waals surface area contributed by atoms with Crippen LogP contribution in [-0.4, -0.2) is 33.2 Å². The van der Waals surface area contributed by atoms with Gasteiger partial charge >= 0.3 is 0 Å². The summed E-state index contributed by atoms with van der Waals surface area (Å²) in [5.41, 5.74) is 10.4. The number of carbonyl (C=O) groups excluding carboxylic acids is 2. The number of hydrogen-bond acceptors (Lipinski definition) is 3. The van der Waals surface area contributed by atoms with E-state index in [0.717, 1.165) is 28.3 Å². The standard InChI is InChI=1S/C21H20N4O2/c1-13-2-4-16(5-3-13)21(27)25-11-10-17-18(12-25)24-20(23-17)15-8-6-14(7-9-15)19(22)26/h2-9H,10-12H2,1H3,(H2,22,26)(H,23,24). The van der Waals surface area contributed by atoms with E-state index in [0.29, 0.717) is 30.6 Å². The Labute approximate surface area is 157 Å². The Balaban J connectivity index is 1.54. The zero-order valence-electron chi connectivity index (χ0n) is 15.0. The second-order valence-corrected chi connectivity index (χ2v) is 6.79. The van der Waals surface area contributed by atoms with E-state index in [-0.39, 0.29) is 5.91 Å². The quantitative estimate of drug-likeness (QED) is 0.752. The molecule has 0 bridgehead atoms. The summed E-state index contributed by atoms with van der Waals surface area (Å²) in [5.74, 6) is 0.314. The van der Waals surface area contributed by atoms with E-state index in [9.17, 15) is 9.59 Å². The molecule has 136 valence electrons. The number of aromatic nitrogens is 2. The number of primary amides is 1. The zero-order chi connectivity index (χ0) is 19.0. The van der Waals surface area contributed by atoms with Gasteiger partial charge in [-0.1, -0.05) is 29.8 Å². The van der Waals surface area contributed by atoms with Crippen molar-refractivity contribution in [2.75, 3.05) is 6.54 Å². The fourth-order valence-corrected chi connectivity index (χ4v) is 3.27. The Morgan fingerprint density at radius 1 is 1.04 bits per heavy atom. The van der Waals surface area contributed by atoms with Crippen molar-refractivity contribution in [3.05, 3.63) is 76.6 Å². The third-order valence-electron chi connectivity index (χ3n) is 4.86. The van der Waals surface area contributed by atoms with Crippen LogP contribution in [0, 0.1) is 6.92 Å². The molecule has 6 nitrogen and oxygen atoms in total. The van der Waals surface area contributed by atoms with Crippen molar-refractivity contribution in [1.82, 2.24) is 14.9 Å². The van der Waals surface area contributed by atoms with Crippen LogP contribution in [0.4, 0.5) is 0 Å². The number of imidazole rings is 1. The molecule has 2 heterocycles. The molecule has 0 unspecified atom stereocenters. The number of nitrogens with zero attached hydrogens (tertiary/aromatic N) is 2. The highest BCUT2D eigenvalue weighted by Gasteiger charge is 2.24. The smallest absolute Gasteiger partial charge is 0.254 e. The topological polar surface area (TPSA) is 92.1 Å². The Morgan fingerprint density at radius 2 is 1.70 bits per heavy atom. The molecule has 3 aromatic rings. The van der Waals surface area contributed by atoms with Gasteiger partial charge in [0.25, 0.3) is 5.91 Å². The molecule has 1 aromatic heterocycles. The third kappa shape index (κ3) is 3.33. The number of hydrogen-bond donors (Lipinski definition) is 2. The number of amides is 2. The summed E-state index contributed by atoms with van der Waals surface area (Å²) in [6, 6.07) is 14.6. The molecule has 0 fully saturated rings. The number of fused-ring (bicyclic) bond motifs is 1. The van der Waals surface area contributed by atoms with Gasteiger partial charge in [0.05, 0.1) is 17.9 Å². The first-order valence-corrected chi connectivity index (χ1v) is 8.85. The lowest BCUT2D eigenvalue weighted by molar-refractivity contribution is 0.0731. The van der Waals surface area contributed by atoms with Crippen molar-refractivity contribution in [2.45, 2.75) is 19.9 Å². The van der Waals surface area contributed by atoms with E-state index >= 15 is 0 Å². The minimum absolute atomic E-state index is 0.0302. The summed E-state index contributed by atoms with van der Waals surface area (Å²) in [4.78, 5) is 33.8. The molecule has 0 spiro atoms. The normalized spacial score (nSPS) is 13.3. The van der Waals surface area contributed by atoms with Crippen LogP contribution in [0.1, 0.15) is 37.7 Å². The van der Waals surface area contributed by atoms with E-state index in [4.69, 9.17) is 5.73 Å². The number of carbonyl (C=O) groups is 2. The Kier molecular flexibility index (Phi) is 4.24. The average molecular weight is 360 g/mol. The maximum Gasteiger partial charge on any atom is 0.254 e. The maximum absolute atomic E-state index is 12.7. The molecule has 0 saturated carbocycles. The maximum atomic E-state index is 12.7. The fraction of sp³-hybridized carbons (Fsp3) is 0.190. The van der Waals surface area contributed by atoms with Crippen LogP contribution < -0.4 is 5.73 Å². The molecular formula is C21H20N4O2. The SMILES string of the molecule is Cc1ccc(C(=O)N2CCc3nc(-c4ccc(C(N)=O)cc4)[nH]c3C2)cc1. The summed E-state index contributed by atoms with van der Waals surface area (Å²) >= 11 is 0. The second kappa shape index (κ2) is 6.72. The van der Waals surface area contributed by atoms with Crippen molar-refractivity contribution in [3.63, 3.8) is 0 Å². The van der Waals surface area contributed by atoms with Crippen molar-refractivity contribution < 1.29 is 9.59 Å². The number of benzene rings is 2. The van der Waals surface area contributed by atoms with Crippen LogP contribution in [0.5, 0.6) is 0 Å². The van der Waals surface area contributed by atoms with Crippen molar-refractivity contribution in [2.24, 2.45) is 5.73 Å². The average Bonchev–Trinajstić information content (AvgIpc) is 3.11. The van der Waals surface area contributed by atoms with Gasteiger partial charge < -0.3 is 15.6 Å². The largest absolute Gasteiger partial charge is 0.366 e. The first-order valence-electron chi connectivity index (χ1n) is 8.85. The number of aryl methyl sites for hydroxylation is 1. The molecule has 3 N–H and O–H groups in total. The van der Waals surface area contributed by atoms with Gasteiger partial charge in [-0.25, -0.2) is 4.98 Å². The Bertz CT molecular complexity index is 1000. The monoisotopic (exact) mass is 360 g/mol. The summed E-state index contributed by atoms with van der Waals surface area (Å²) in [6.07, 6.45) is 0.711. The lowest BCUT2D eigenvalue weighted by Crippen LogP contribution is -2.36. The van der Waals surface area contributed by atoms with Gasteiger partial charge in [0.1, 0.15) is 5.82 Å². The second-order valence-electron chi connectivity index (χ2n) is 6.79. The van der Waals surface area contributed by atoms with Crippen LogP contribution in [0.15, 0.2) is 48.5 Å². The van der Waals surface area contributed by atoms with Gasteiger partial charge in [0, 0.05) is 29.7 Å². The summed E-state index contributed by atoms with van der Waals surface area (Å²) in [5, 5.41) is 0. The van der Waals surface area contributed by atoms with E-state index < -0.39 is 5.91 Å². The molecule has 0 radical (unpaired) electrons. The molecule has 0 atom stereocenters. The number of rotatable bonds is 3. The van der Waals surface area contributed by atoms with Crippen molar-refractivity contribution >= 4 is 11.8 Å². The van der Waals surface area contributed by atoms with Crippen LogP contribution in [-0.2, 0) is 13.0 Å². The molecule has 0 saturated heterocycles. The molecule has 1 aliphatic heterocycles. The van der Waals surface area contributed by atoms with E-state index in [1.54, 1.807) is 12.1 Å². The minimum Gasteiger partial charge on any atom is -0.366 e. The first-order chi connectivity index (χ1) is 13.0. The van der Waals surface area contributed by atoms with Gasteiger partial charge in [-0.2, -0.15) is 0 Å². The Morgan fingerprint density at radius 3 is 2.37 bits per heavy atom. The Hall–Kier alpha value is -3.41. The summed E-state index contributed by atoms with van der Waals surface area (Å²) in [7, 11) is 0. The summed E-state index contributed by atoms with van der Waals surface area (Å²) in [6.45, 7) is 3.16. The highest BCUT2D eigenvalue weighted by Crippen LogP contribution is 2.24. The van der Waals surface area contributed by atoms with E-state index in [1.165, 1.54) is 0 Å². The molecule has 1 aliphatic rings. The molecule has 2 amide bonds. The fourth-order valence-electron chi connectivity index (χ4n) is 3.27. The molecule has 27 heavy (non-hydrogen) atoms. The van der Waals surface area contributed by atoms with Crippen LogP contribution in [0.25, 0.3) is 11.4 Å².